The molecule has 0 aromatic heterocycles. The summed E-state index contributed by atoms with van der Waals surface area (Å²) in [5, 5.41) is 14.4. The van der Waals surface area contributed by atoms with E-state index in [4.69, 9.17) is 9.84 Å². The van der Waals surface area contributed by atoms with E-state index in [2.05, 4.69) is 10.6 Å². The Kier molecular flexibility index (Phi) is 6.08. The van der Waals surface area contributed by atoms with Crippen molar-refractivity contribution in [2.24, 2.45) is 5.92 Å². The lowest BCUT2D eigenvalue weighted by Gasteiger charge is -2.35. The molecule has 1 fully saturated rings. The van der Waals surface area contributed by atoms with Crippen LogP contribution in [0.5, 0.6) is 0 Å². The first kappa shape index (κ1) is 15.8. The number of carboxylic acids is 1. The van der Waals surface area contributed by atoms with E-state index in [0.717, 1.165) is 12.8 Å². The quantitative estimate of drug-likeness (QED) is 0.653. The highest BCUT2D eigenvalue weighted by molar-refractivity contribution is 5.76. The predicted molar refractivity (Wildman–Crippen MR) is 71.0 cm³/mol. The Morgan fingerprint density at radius 3 is 2.47 bits per heavy atom. The molecular weight excluding hydrogens is 248 g/mol. The van der Waals surface area contributed by atoms with Crippen molar-refractivity contribution in [2.45, 2.75) is 58.2 Å². The molecule has 1 aliphatic carbocycles. The average molecular weight is 272 g/mol. The van der Waals surface area contributed by atoms with Crippen LogP contribution < -0.4 is 10.6 Å². The maximum Gasteiger partial charge on any atom is 0.315 e. The van der Waals surface area contributed by atoms with E-state index in [-0.39, 0.29) is 36.6 Å². The molecular formula is C13H24N2O4. The number of aliphatic carboxylic acids is 1. The van der Waals surface area contributed by atoms with E-state index in [1.165, 1.54) is 0 Å². The first-order chi connectivity index (χ1) is 8.92. The topological polar surface area (TPSA) is 87.7 Å². The molecule has 6 nitrogen and oxygen atoms in total. The van der Waals surface area contributed by atoms with Gasteiger partial charge in [0.05, 0.1) is 12.5 Å². The minimum atomic E-state index is -0.904. The number of carbonyl (C=O) groups excluding carboxylic acids is 1. The van der Waals surface area contributed by atoms with E-state index in [1.54, 1.807) is 0 Å². The van der Waals surface area contributed by atoms with E-state index in [1.807, 2.05) is 20.8 Å². The zero-order valence-corrected chi connectivity index (χ0v) is 11.8. The molecule has 1 aliphatic rings. The van der Waals surface area contributed by atoms with Gasteiger partial charge >= 0.3 is 12.0 Å². The second-order valence-electron chi connectivity index (χ2n) is 5.31. The smallest absolute Gasteiger partial charge is 0.315 e. The number of hydrogen-bond donors (Lipinski definition) is 3. The van der Waals surface area contributed by atoms with Gasteiger partial charge in [-0.2, -0.15) is 0 Å². The molecule has 0 aromatic rings. The van der Waals surface area contributed by atoms with Crippen molar-refractivity contribution >= 4 is 12.0 Å². The highest BCUT2D eigenvalue weighted by Crippen LogP contribution is 2.23. The van der Waals surface area contributed by atoms with Crippen molar-refractivity contribution < 1.29 is 19.4 Å². The molecule has 0 bridgehead atoms. The van der Waals surface area contributed by atoms with Gasteiger partial charge in [-0.25, -0.2) is 4.79 Å². The maximum atomic E-state index is 11.8. The van der Waals surface area contributed by atoms with Crippen LogP contribution in [-0.2, 0) is 9.53 Å². The predicted octanol–water partition coefficient (Wildman–Crippen LogP) is 1.35. The first-order valence-corrected chi connectivity index (χ1v) is 6.82. The number of ether oxygens (including phenoxy) is 1. The minimum Gasteiger partial charge on any atom is -0.481 e. The SMILES string of the molecule is CCOC1CC(NC(=O)NC(CC(=O)O)C(C)C)C1. The lowest BCUT2D eigenvalue weighted by atomic mass is 9.89. The van der Waals surface area contributed by atoms with Crippen molar-refractivity contribution in [2.75, 3.05) is 6.61 Å². The molecule has 1 rings (SSSR count). The van der Waals surface area contributed by atoms with Gasteiger partial charge < -0.3 is 20.5 Å². The van der Waals surface area contributed by atoms with Crippen molar-refractivity contribution in [3.8, 4) is 0 Å². The summed E-state index contributed by atoms with van der Waals surface area (Å²) in [5.74, 6) is -0.821. The van der Waals surface area contributed by atoms with Crippen LogP contribution in [-0.4, -0.2) is 41.9 Å². The summed E-state index contributed by atoms with van der Waals surface area (Å²) < 4.78 is 5.41. The Morgan fingerprint density at radius 1 is 1.37 bits per heavy atom. The molecule has 0 aliphatic heterocycles. The zero-order chi connectivity index (χ0) is 14.4. The minimum absolute atomic E-state index is 0.0582. The highest BCUT2D eigenvalue weighted by atomic mass is 16.5. The summed E-state index contributed by atoms with van der Waals surface area (Å²) in [6.45, 7) is 6.43. The number of nitrogens with one attached hydrogen (secondary N) is 2. The normalized spacial score (nSPS) is 23.6. The van der Waals surface area contributed by atoms with Gasteiger partial charge in [0.25, 0.3) is 0 Å². The first-order valence-electron chi connectivity index (χ1n) is 6.82. The monoisotopic (exact) mass is 272 g/mol. The van der Waals surface area contributed by atoms with Crippen LogP contribution >= 0.6 is 0 Å². The third kappa shape index (κ3) is 5.46. The van der Waals surface area contributed by atoms with Crippen LogP contribution in [0.15, 0.2) is 0 Å². The molecule has 19 heavy (non-hydrogen) atoms. The van der Waals surface area contributed by atoms with E-state index in [9.17, 15) is 9.59 Å². The van der Waals surface area contributed by atoms with Crippen LogP contribution in [0.2, 0.25) is 0 Å². The van der Waals surface area contributed by atoms with Crippen molar-refractivity contribution in [3.63, 3.8) is 0 Å². The molecule has 3 N–H and O–H groups in total. The lowest BCUT2D eigenvalue weighted by molar-refractivity contribution is -0.137. The van der Waals surface area contributed by atoms with Gasteiger partial charge in [-0.05, 0) is 25.7 Å². The molecule has 110 valence electrons. The molecule has 6 heteroatoms. The lowest BCUT2D eigenvalue weighted by Crippen LogP contribution is -2.53. The number of rotatable bonds is 7. The van der Waals surface area contributed by atoms with Gasteiger partial charge in [-0.3, -0.25) is 4.79 Å². The number of amides is 2. The van der Waals surface area contributed by atoms with Crippen molar-refractivity contribution in [1.82, 2.24) is 10.6 Å². The number of hydrogen-bond acceptors (Lipinski definition) is 3. The fraction of sp³-hybridized carbons (Fsp3) is 0.846. The Hall–Kier alpha value is -1.30. The summed E-state index contributed by atoms with van der Waals surface area (Å²) in [4.78, 5) is 22.5. The van der Waals surface area contributed by atoms with Gasteiger partial charge in [0.1, 0.15) is 0 Å². The largest absolute Gasteiger partial charge is 0.481 e. The van der Waals surface area contributed by atoms with Crippen molar-refractivity contribution in [3.05, 3.63) is 0 Å². The van der Waals surface area contributed by atoms with E-state index in [0.29, 0.717) is 6.61 Å². The van der Waals surface area contributed by atoms with Gasteiger partial charge in [0.2, 0.25) is 0 Å². The van der Waals surface area contributed by atoms with E-state index >= 15 is 0 Å². The Bertz CT molecular complexity index is 314. The molecule has 0 spiro atoms. The fourth-order valence-electron chi connectivity index (χ4n) is 2.09. The maximum absolute atomic E-state index is 11.8. The van der Waals surface area contributed by atoms with Crippen LogP contribution in [0.4, 0.5) is 4.79 Å². The van der Waals surface area contributed by atoms with Gasteiger partial charge in [-0.1, -0.05) is 13.8 Å². The summed E-state index contributed by atoms with van der Waals surface area (Å²) in [5.41, 5.74) is 0. The van der Waals surface area contributed by atoms with Crippen molar-refractivity contribution in [1.29, 1.82) is 0 Å². The van der Waals surface area contributed by atoms with Gasteiger partial charge in [-0.15, -0.1) is 0 Å². The second-order valence-corrected chi connectivity index (χ2v) is 5.31. The summed E-state index contributed by atoms with van der Waals surface area (Å²) in [6, 6.07) is -0.505. The van der Waals surface area contributed by atoms with Crippen LogP contribution in [0.25, 0.3) is 0 Å². The Morgan fingerprint density at radius 2 is 2.00 bits per heavy atom. The van der Waals surface area contributed by atoms with Crippen LogP contribution in [0, 0.1) is 5.92 Å². The van der Waals surface area contributed by atoms with E-state index < -0.39 is 5.97 Å². The molecule has 0 saturated heterocycles. The summed E-state index contributed by atoms with van der Waals surface area (Å²) >= 11 is 0. The van der Waals surface area contributed by atoms with Gasteiger partial charge in [0.15, 0.2) is 0 Å². The van der Waals surface area contributed by atoms with Crippen LogP contribution in [0.1, 0.15) is 40.0 Å². The number of urea groups is 1. The Labute approximate surface area is 113 Å². The molecule has 2 amide bonds. The molecule has 0 aromatic carbocycles. The molecule has 0 heterocycles. The Balaban J connectivity index is 2.28. The number of carbonyl (C=O) groups is 2. The standard InChI is InChI=1S/C13H24N2O4/c1-4-19-10-5-9(6-10)14-13(18)15-11(8(2)3)7-12(16)17/h8-11H,4-7H2,1-3H3,(H,16,17)(H2,14,15,18). The number of carboxylic acid groups (broad SMARTS) is 1. The molecule has 1 saturated carbocycles. The molecule has 0 radical (unpaired) electrons. The highest BCUT2D eigenvalue weighted by Gasteiger charge is 2.31. The van der Waals surface area contributed by atoms with Gasteiger partial charge in [0, 0.05) is 18.7 Å². The fourth-order valence-corrected chi connectivity index (χ4v) is 2.09. The zero-order valence-electron chi connectivity index (χ0n) is 11.8. The third-order valence-electron chi connectivity index (χ3n) is 3.35. The average Bonchev–Trinajstić information content (AvgIpc) is 2.24. The summed E-state index contributed by atoms with van der Waals surface area (Å²) in [6.07, 6.45) is 1.84. The summed E-state index contributed by atoms with van der Waals surface area (Å²) in [7, 11) is 0. The molecule has 1 atom stereocenters. The third-order valence-corrected chi connectivity index (χ3v) is 3.35. The molecule has 1 unspecified atom stereocenters. The second kappa shape index (κ2) is 7.33. The van der Waals surface area contributed by atoms with Crippen LogP contribution in [0.3, 0.4) is 0 Å².